The second-order valence-corrected chi connectivity index (χ2v) is 18.4. The molecule has 3 aliphatic heterocycles. The fourth-order valence-corrected chi connectivity index (χ4v) is 11.1. The van der Waals surface area contributed by atoms with Crippen molar-refractivity contribution in [3.8, 4) is 28.4 Å². The maximum Gasteiger partial charge on any atom is 0.416 e. The second kappa shape index (κ2) is 17.5. The molecule has 1 saturated heterocycles. The van der Waals surface area contributed by atoms with E-state index >= 15 is 0 Å². The quantitative estimate of drug-likeness (QED) is 0.0622. The molecule has 16 heteroatoms. The predicted molar refractivity (Wildman–Crippen MR) is 262 cm³/mol. The van der Waals surface area contributed by atoms with Crippen LogP contribution < -0.4 is 24.6 Å². The van der Waals surface area contributed by atoms with E-state index in [0.29, 0.717) is 66.3 Å². The van der Waals surface area contributed by atoms with Crippen molar-refractivity contribution < 1.29 is 43.6 Å². The zero-order valence-corrected chi connectivity index (χ0v) is 38.6. The summed E-state index contributed by atoms with van der Waals surface area (Å²) in [5, 5.41) is 27.3. The third-order valence-electron chi connectivity index (χ3n) is 14.1. The van der Waals surface area contributed by atoms with Gasteiger partial charge in [-0.25, -0.2) is 9.69 Å². The Morgan fingerprint density at radius 2 is 1.70 bits per heavy atom. The van der Waals surface area contributed by atoms with Gasteiger partial charge in [0.25, 0.3) is 11.8 Å². The van der Waals surface area contributed by atoms with Gasteiger partial charge in [-0.05, 0) is 89.9 Å². The predicted octanol–water partition coefficient (Wildman–Crippen LogP) is 9.14. The maximum atomic E-state index is 14.3. The number of alkyl halides is 1. The van der Waals surface area contributed by atoms with Gasteiger partial charge in [-0.2, -0.15) is 0 Å². The number of aliphatic hydroxyl groups is 1. The maximum absolute atomic E-state index is 14.3. The summed E-state index contributed by atoms with van der Waals surface area (Å²) in [7, 11) is 1.45. The lowest BCUT2D eigenvalue weighted by molar-refractivity contribution is -0.116. The molecule has 7 aromatic rings. The number of phenolic OH excluding ortho intramolecular Hbond substituents is 1. The van der Waals surface area contributed by atoms with Crippen LogP contribution in [-0.2, 0) is 9.53 Å². The summed E-state index contributed by atoms with van der Waals surface area (Å²) in [4.78, 5) is 66.4. The minimum Gasteiger partial charge on any atom is -0.506 e. The smallest absolute Gasteiger partial charge is 0.416 e. The van der Waals surface area contributed by atoms with E-state index in [1.54, 1.807) is 40.1 Å². The zero-order valence-electron chi connectivity index (χ0n) is 37.9. The number of aromatic amines is 2. The number of carbonyl (C=O) groups excluding carboxylic acids is 4. The molecule has 5 aromatic carbocycles. The number of benzene rings is 5. The van der Waals surface area contributed by atoms with Crippen molar-refractivity contribution in [1.29, 1.82) is 0 Å². The summed E-state index contributed by atoms with van der Waals surface area (Å²) >= 11 is 6.43. The molecular formula is C53H49ClN6O9. The van der Waals surface area contributed by atoms with Crippen LogP contribution in [-0.4, -0.2) is 100 Å². The van der Waals surface area contributed by atoms with Crippen LogP contribution in [0.3, 0.4) is 0 Å². The Bertz CT molecular complexity index is 3190. The number of phenols is 1. The van der Waals surface area contributed by atoms with E-state index in [9.17, 15) is 29.4 Å². The van der Waals surface area contributed by atoms with Gasteiger partial charge in [0.15, 0.2) is 17.7 Å². The number of aromatic nitrogens is 2. The van der Waals surface area contributed by atoms with Crippen LogP contribution in [0.1, 0.15) is 80.6 Å². The molecule has 0 radical (unpaired) electrons. The number of halogens is 1. The van der Waals surface area contributed by atoms with Crippen molar-refractivity contribution in [2.45, 2.75) is 56.7 Å². The molecule has 0 spiro atoms. The first-order valence-corrected chi connectivity index (χ1v) is 23.7. The molecule has 4 aliphatic rings. The van der Waals surface area contributed by atoms with Crippen LogP contribution in [0.25, 0.3) is 32.9 Å². The third kappa shape index (κ3) is 7.47. The molecule has 2 aromatic heterocycles. The van der Waals surface area contributed by atoms with Crippen molar-refractivity contribution in [3.63, 3.8) is 0 Å². The van der Waals surface area contributed by atoms with Gasteiger partial charge in [0.1, 0.15) is 18.1 Å². The Balaban J connectivity index is 0.764. The molecule has 3 atom stereocenters. The van der Waals surface area contributed by atoms with Crippen LogP contribution in [0.2, 0.25) is 0 Å². The van der Waals surface area contributed by atoms with E-state index in [1.807, 2.05) is 49.5 Å². The largest absolute Gasteiger partial charge is 0.506 e. The van der Waals surface area contributed by atoms with Gasteiger partial charge in [-0.1, -0.05) is 48.5 Å². The van der Waals surface area contributed by atoms with E-state index in [-0.39, 0.29) is 77.7 Å². The summed E-state index contributed by atoms with van der Waals surface area (Å²) < 4.78 is 17.9. The normalized spacial score (nSPS) is 18.2. The number of fused-ring (bicyclic) bond motifs is 9. The Labute approximate surface area is 401 Å². The number of nitrogens with zero attached hydrogens (tertiary/aromatic N) is 3. The number of ether oxygens (including phenoxy) is 3. The number of carbonyl (C=O) groups is 4. The number of rotatable bonds is 11. The molecule has 0 saturated carbocycles. The van der Waals surface area contributed by atoms with Crippen molar-refractivity contribution in [1.82, 2.24) is 14.9 Å². The van der Waals surface area contributed by atoms with Crippen molar-refractivity contribution in [2.75, 3.05) is 54.4 Å². The molecule has 1 aliphatic carbocycles. The van der Waals surface area contributed by atoms with Gasteiger partial charge >= 0.3 is 6.09 Å². The lowest BCUT2D eigenvalue weighted by Gasteiger charge is -2.32. The van der Waals surface area contributed by atoms with Gasteiger partial charge in [-0.3, -0.25) is 14.4 Å². The SMILES string of the molecule is COc1cc2c(cc1OCCCC(=O)Nc1ccc3[nH]c(C(=O)N4C[C@@H](CCl)c5c4cc(O)c4[nH]cc(C)c54)cc3c1)N(C(=O)OCC1c3ccccc3-c3ccccc31)C(O)[C@@H]1CCCN1C2=O. The molecule has 0 bridgehead atoms. The molecule has 5 heterocycles. The van der Waals surface area contributed by atoms with Crippen LogP contribution in [0.15, 0.2) is 97.2 Å². The van der Waals surface area contributed by atoms with Crippen molar-refractivity contribution in [3.05, 3.63) is 131 Å². The summed E-state index contributed by atoms with van der Waals surface area (Å²) in [5.41, 5.74) is 9.29. The fraction of sp³-hybridized carbons (Fsp3) is 0.283. The number of aliphatic hydroxyl groups excluding tert-OH is 1. The number of hydrogen-bond acceptors (Lipinski definition) is 9. The molecule has 5 N–H and O–H groups in total. The summed E-state index contributed by atoms with van der Waals surface area (Å²) in [6.07, 6.45) is 1.22. The van der Waals surface area contributed by atoms with Gasteiger partial charge in [0.2, 0.25) is 5.91 Å². The fourth-order valence-electron chi connectivity index (χ4n) is 10.8. The van der Waals surface area contributed by atoms with Crippen LogP contribution >= 0.6 is 11.6 Å². The van der Waals surface area contributed by atoms with E-state index in [0.717, 1.165) is 49.1 Å². The number of anilines is 3. The van der Waals surface area contributed by atoms with E-state index in [2.05, 4.69) is 27.4 Å². The van der Waals surface area contributed by atoms with Crippen molar-refractivity contribution >= 4 is 74.3 Å². The molecule has 4 amide bonds. The lowest BCUT2D eigenvalue weighted by Crippen LogP contribution is -2.51. The average molecular weight is 949 g/mol. The lowest BCUT2D eigenvalue weighted by atomic mass is 9.97. The monoisotopic (exact) mass is 948 g/mol. The topological polar surface area (TPSA) is 190 Å². The Kier molecular flexibility index (Phi) is 11.2. The highest BCUT2D eigenvalue weighted by atomic mass is 35.5. The first-order valence-electron chi connectivity index (χ1n) is 23.1. The molecule has 1 unspecified atom stereocenters. The summed E-state index contributed by atoms with van der Waals surface area (Å²) in [6, 6.07) is 27.2. The summed E-state index contributed by atoms with van der Waals surface area (Å²) in [6.45, 7) is 2.84. The van der Waals surface area contributed by atoms with E-state index in [1.165, 1.54) is 19.2 Å². The number of aryl methyl sites for hydroxylation is 1. The molecule has 1 fully saturated rings. The number of methoxy groups -OCH3 is 1. The minimum absolute atomic E-state index is 0.0174. The zero-order chi connectivity index (χ0) is 47.7. The molecule has 11 rings (SSSR count). The number of aromatic hydroxyl groups is 1. The minimum atomic E-state index is -1.39. The standard InChI is InChI=1S/C53H49ClN6O9/c1-28-25-55-49-43(61)22-42-48(47(28)49)30(24-54)26-59(42)51(64)39-20-29-19-31(15-16-38(29)57-39)56-46(62)14-8-18-68-45-23-41-36(21-44(45)67-2)50(63)58-17-7-13-40(58)52(65)60(41)53(66)69-27-37-34-11-5-3-9-32(34)33-10-4-6-12-35(33)37/h3-6,9-12,15-16,19-23,25,30,37,40,52,55,57,61,65H,7-8,13-14,17-18,24,26-27H2,1-2H3,(H,56,62)/t30-,40+,52?/m1/s1. The Morgan fingerprint density at radius 1 is 0.928 bits per heavy atom. The van der Waals surface area contributed by atoms with E-state index < -0.39 is 18.4 Å². The number of hydrogen-bond donors (Lipinski definition) is 5. The Hall–Kier alpha value is -7.49. The van der Waals surface area contributed by atoms with E-state index in [4.69, 9.17) is 25.8 Å². The number of amides is 4. The third-order valence-corrected chi connectivity index (χ3v) is 14.5. The molecule has 15 nitrogen and oxygen atoms in total. The summed E-state index contributed by atoms with van der Waals surface area (Å²) in [5.74, 6) is -0.364. The van der Waals surface area contributed by atoms with Crippen LogP contribution in [0, 0.1) is 6.92 Å². The second-order valence-electron chi connectivity index (χ2n) is 18.1. The average Bonchev–Trinajstić information content (AvgIpc) is 4.20. The van der Waals surface area contributed by atoms with Gasteiger partial charge in [0, 0.05) is 77.5 Å². The van der Waals surface area contributed by atoms with Gasteiger partial charge < -0.3 is 49.5 Å². The molecular weight excluding hydrogens is 900 g/mol. The Morgan fingerprint density at radius 3 is 2.45 bits per heavy atom. The van der Waals surface area contributed by atoms with Crippen LogP contribution in [0.5, 0.6) is 17.2 Å². The highest BCUT2D eigenvalue weighted by Crippen LogP contribution is 2.48. The van der Waals surface area contributed by atoms with Crippen molar-refractivity contribution in [2.24, 2.45) is 0 Å². The molecule has 69 heavy (non-hydrogen) atoms. The first-order chi connectivity index (χ1) is 33.5. The number of nitrogens with one attached hydrogen (secondary N) is 3. The number of H-pyrrole nitrogens is 2. The highest BCUT2D eigenvalue weighted by Gasteiger charge is 2.46. The highest BCUT2D eigenvalue weighted by molar-refractivity contribution is 6.19. The molecule has 352 valence electrons. The van der Waals surface area contributed by atoms with Gasteiger partial charge in [0.05, 0.1) is 42.2 Å². The first kappa shape index (κ1) is 44.0. The van der Waals surface area contributed by atoms with Gasteiger partial charge in [-0.15, -0.1) is 11.6 Å². The van der Waals surface area contributed by atoms with Crippen LogP contribution in [0.4, 0.5) is 21.9 Å².